The molecule has 0 saturated carbocycles. The van der Waals surface area contributed by atoms with E-state index in [1.165, 1.54) is 0 Å². The molecule has 1 N–H and O–H groups in total. The van der Waals surface area contributed by atoms with Gasteiger partial charge in [0.05, 0.1) is 5.52 Å². The molecular weight excluding hydrogens is 224 g/mol. The molecule has 0 radical (unpaired) electrons. The first-order valence-electron chi connectivity index (χ1n) is 6.44. The summed E-state index contributed by atoms with van der Waals surface area (Å²) in [6.07, 6.45) is 5.56. The highest BCUT2D eigenvalue weighted by Crippen LogP contribution is 2.17. The van der Waals surface area contributed by atoms with Gasteiger partial charge in [-0.25, -0.2) is 0 Å². The highest BCUT2D eigenvalue weighted by molar-refractivity contribution is 5.93. The first-order valence-corrected chi connectivity index (χ1v) is 6.44. The van der Waals surface area contributed by atoms with Crippen molar-refractivity contribution in [1.82, 2.24) is 4.98 Å². The van der Waals surface area contributed by atoms with Crippen LogP contribution in [0.2, 0.25) is 0 Å². The van der Waals surface area contributed by atoms with E-state index in [-0.39, 0.29) is 5.91 Å². The molecule has 2 aromatic rings. The summed E-state index contributed by atoms with van der Waals surface area (Å²) in [6.45, 7) is 2.13. The molecular formula is C15H18N2O. The van der Waals surface area contributed by atoms with Crippen molar-refractivity contribution >= 4 is 22.5 Å². The Morgan fingerprint density at radius 2 is 2.17 bits per heavy atom. The largest absolute Gasteiger partial charge is 0.326 e. The molecule has 0 atom stereocenters. The number of unbranched alkanes of at least 4 members (excludes halogenated alkanes) is 2. The summed E-state index contributed by atoms with van der Waals surface area (Å²) in [5.74, 6) is 0.0895. The van der Waals surface area contributed by atoms with Crippen molar-refractivity contribution in [3.05, 3.63) is 36.5 Å². The van der Waals surface area contributed by atoms with E-state index < -0.39 is 0 Å². The number of carbonyl (C=O) groups is 1. The van der Waals surface area contributed by atoms with Crippen LogP contribution in [0.4, 0.5) is 5.69 Å². The van der Waals surface area contributed by atoms with Gasteiger partial charge in [0.1, 0.15) is 0 Å². The number of hydrogen-bond acceptors (Lipinski definition) is 2. The van der Waals surface area contributed by atoms with Gasteiger partial charge in [-0.15, -0.1) is 0 Å². The molecule has 3 heteroatoms. The Hall–Kier alpha value is -1.90. The Morgan fingerprint density at radius 1 is 1.28 bits per heavy atom. The number of pyridine rings is 1. The minimum Gasteiger partial charge on any atom is -0.326 e. The molecule has 3 nitrogen and oxygen atoms in total. The van der Waals surface area contributed by atoms with Crippen molar-refractivity contribution in [3.8, 4) is 0 Å². The van der Waals surface area contributed by atoms with E-state index in [1.54, 1.807) is 6.20 Å². The maximum atomic E-state index is 11.7. The second kappa shape index (κ2) is 6.15. The average Bonchev–Trinajstić information content (AvgIpc) is 2.39. The zero-order chi connectivity index (χ0) is 12.8. The van der Waals surface area contributed by atoms with Crippen molar-refractivity contribution in [2.75, 3.05) is 5.32 Å². The van der Waals surface area contributed by atoms with Crippen LogP contribution < -0.4 is 5.32 Å². The average molecular weight is 242 g/mol. The van der Waals surface area contributed by atoms with Crippen LogP contribution in [-0.4, -0.2) is 10.9 Å². The Labute approximate surface area is 107 Å². The summed E-state index contributed by atoms with van der Waals surface area (Å²) in [6, 6.07) is 9.67. The number of benzene rings is 1. The summed E-state index contributed by atoms with van der Waals surface area (Å²) in [5.41, 5.74) is 1.79. The van der Waals surface area contributed by atoms with Gasteiger partial charge < -0.3 is 5.32 Å². The van der Waals surface area contributed by atoms with Crippen LogP contribution in [0.1, 0.15) is 32.6 Å². The molecule has 18 heavy (non-hydrogen) atoms. The van der Waals surface area contributed by atoms with Gasteiger partial charge in [-0.05, 0) is 30.7 Å². The molecule has 1 aromatic carbocycles. The fourth-order valence-electron chi connectivity index (χ4n) is 1.91. The maximum absolute atomic E-state index is 11.7. The lowest BCUT2D eigenvalue weighted by atomic mass is 10.2. The number of nitrogens with one attached hydrogen (secondary N) is 1. The van der Waals surface area contributed by atoms with Crippen LogP contribution in [0, 0.1) is 0 Å². The smallest absolute Gasteiger partial charge is 0.224 e. The van der Waals surface area contributed by atoms with Gasteiger partial charge in [-0.1, -0.05) is 25.8 Å². The van der Waals surface area contributed by atoms with Gasteiger partial charge in [-0.3, -0.25) is 9.78 Å². The van der Waals surface area contributed by atoms with Crippen molar-refractivity contribution in [2.45, 2.75) is 32.6 Å². The van der Waals surface area contributed by atoms with E-state index in [1.807, 2.05) is 30.3 Å². The number of hydrogen-bond donors (Lipinski definition) is 1. The molecule has 0 saturated heterocycles. The lowest BCUT2D eigenvalue weighted by Gasteiger charge is -2.06. The topological polar surface area (TPSA) is 42.0 Å². The number of rotatable bonds is 5. The van der Waals surface area contributed by atoms with Gasteiger partial charge in [0.15, 0.2) is 0 Å². The lowest BCUT2D eigenvalue weighted by molar-refractivity contribution is -0.116. The van der Waals surface area contributed by atoms with Crippen LogP contribution in [0.3, 0.4) is 0 Å². The van der Waals surface area contributed by atoms with Crippen LogP contribution in [0.25, 0.3) is 10.9 Å². The number of anilines is 1. The van der Waals surface area contributed by atoms with Gasteiger partial charge in [0, 0.05) is 23.7 Å². The normalized spacial score (nSPS) is 10.5. The molecule has 0 aliphatic heterocycles. The monoisotopic (exact) mass is 242 g/mol. The maximum Gasteiger partial charge on any atom is 0.224 e. The van der Waals surface area contributed by atoms with E-state index in [9.17, 15) is 4.79 Å². The van der Waals surface area contributed by atoms with Gasteiger partial charge >= 0.3 is 0 Å². The number of carbonyl (C=O) groups excluding carboxylic acids is 1. The molecule has 0 aliphatic rings. The second-order valence-corrected chi connectivity index (χ2v) is 4.42. The first kappa shape index (κ1) is 12.6. The van der Waals surface area contributed by atoms with Gasteiger partial charge in [0.25, 0.3) is 0 Å². The highest BCUT2D eigenvalue weighted by Gasteiger charge is 2.02. The summed E-state index contributed by atoms with van der Waals surface area (Å²) in [5, 5.41) is 3.97. The number of amides is 1. The lowest BCUT2D eigenvalue weighted by Crippen LogP contribution is -2.10. The number of nitrogens with zero attached hydrogens (tertiary/aromatic N) is 1. The van der Waals surface area contributed by atoms with Crippen molar-refractivity contribution < 1.29 is 4.79 Å². The summed E-state index contributed by atoms with van der Waals surface area (Å²) in [4.78, 5) is 15.9. The van der Waals surface area contributed by atoms with Crippen LogP contribution in [0.5, 0.6) is 0 Å². The molecule has 0 spiro atoms. The van der Waals surface area contributed by atoms with E-state index in [2.05, 4.69) is 17.2 Å². The van der Waals surface area contributed by atoms with E-state index in [4.69, 9.17) is 0 Å². The fourth-order valence-corrected chi connectivity index (χ4v) is 1.91. The molecule has 0 unspecified atom stereocenters. The number of aromatic nitrogens is 1. The molecule has 1 amide bonds. The third-order valence-corrected chi connectivity index (χ3v) is 2.89. The van der Waals surface area contributed by atoms with E-state index >= 15 is 0 Å². The van der Waals surface area contributed by atoms with Crippen LogP contribution in [-0.2, 0) is 4.79 Å². The van der Waals surface area contributed by atoms with Crippen molar-refractivity contribution in [2.24, 2.45) is 0 Å². The van der Waals surface area contributed by atoms with E-state index in [0.717, 1.165) is 35.9 Å². The molecule has 1 heterocycles. The summed E-state index contributed by atoms with van der Waals surface area (Å²) < 4.78 is 0. The van der Waals surface area contributed by atoms with Gasteiger partial charge in [0.2, 0.25) is 5.91 Å². The molecule has 0 fully saturated rings. The third kappa shape index (κ3) is 3.29. The quantitative estimate of drug-likeness (QED) is 0.811. The predicted molar refractivity (Wildman–Crippen MR) is 74.5 cm³/mol. The zero-order valence-corrected chi connectivity index (χ0v) is 10.6. The first-order chi connectivity index (χ1) is 8.79. The fraction of sp³-hybridized carbons (Fsp3) is 0.333. The minimum absolute atomic E-state index is 0.0895. The zero-order valence-electron chi connectivity index (χ0n) is 10.6. The van der Waals surface area contributed by atoms with Crippen LogP contribution >= 0.6 is 0 Å². The molecule has 0 bridgehead atoms. The summed E-state index contributed by atoms with van der Waals surface area (Å²) in [7, 11) is 0. The second-order valence-electron chi connectivity index (χ2n) is 4.42. The highest BCUT2D eigenvalue weighted by atomic mass is 16.1. The molecule has 94 valence electrons. The Morgan fingerprint density at radius 3 is 3.00 bits per heavy atom. The number of fused-ring (bicyclic) bond motifs is 1. The Kier molecular flexibility index (Phi) is 4.29. The third-order valence-electron chi connectivity index (χ3n) is 2.89. The van der Waals surface area contributed by atoms with Crippen LogP contribution in [0.15, 0.2) is 36.5 Å². The predicted octanol–water partition coefficient (Wildman–Crippen LogP) is 3.75. The van der Waals surface area contributed by atoms with Gasteiger partial charge in [-0.2, -0.15) is 0 Å². The minimum atomic E-state index is 0.0895. The molecule has 2 rings (SSSR count). The molecule has 0 aliphatic carbocycles. The Balaban J connectivity index is 2.01. The SMILES string of the molecule is CCCCCC(=O)Nc1ccc2ncccc2c1. The standard InChI is InChI=1S/C15H18N2O/c1-2-3-4-7-15(18)17-13-8-9-14-12(11-13)6-5-10-16-14/h5-6,8-11H,2-4,7H2,1H3,(H,17,18). The van der Waals surface area contributed by atoms with Crippen molar-refractivity contribution in [1.29, 1.82) is 0 Å². The van der Waals surface area contributed by atoms with Crippen molar-refractivity contribution in [3.63, 3.8) is 0 Å². The molecule has 1 aromatic heterocycles. The van der Waals surface area contributed by atoms with E-state index in [0.29, 0.717) is 6.42 Å². The Bertz CT molecular complexity index is 537. The summed E-state index contributed by atoms with van der Waals surface area (Å²) >= 11 is 0.